The summed E-state index contributed by atoms with van der Waals surface area (Å²) in [6, 6.07) is 11.2. The van der Waals surface area contributed by atoms with Crippen molar-refractivity contribution in [1.82, 2.24) is 4.98 Å². The highest BCUT2D eigenvalue weighted by Crippen LogP contribution is 2.25. The molecule has 3 nitrogen and oxygen atoms in total. The minimum Gasteiger partial charge on any atom is -0.351 e. The van der Waals surface area contributed by atoms with Crippen LogP contribution >= 0.6 is 0 Å². The lowest BCUT2D eigenvalue weighted by Crippen LogP contribution is -2.24. The molecule has 1 heterocycles. The van der Waals surface area contributed by atoms with E-state index in [2.05, 4.69) is 4.98 Å². The first-order valence-electron chi connectivity index (χ1n) is 6.62. The highest BCUT2D eigenvalue weighted by atomic mass is 19.1. The number of hydrogen-bond acceptors (Lipinski definition) is 2. The quantitative estimate of drug-likeness (QED) is 0.538. The third-order valence-corrected chi connectivity index (χ3v) is 3.92. The van der Waals surface area contributed by atoms with Crippen molar-refractivity contribution in [1.29, 1.82) is 0 Å². The molecule has 0 fully saturated rings. The van der Waals surface area contributed by atoms with E-state index >= 15 is 0 Å². The molecule has 3 aromatic rings. The summed E-state index contributed by atoms with van der Waals surface area (Å²) in [6.45, 7) is 0. The Morgan fingerprint density at radius 2 is 1.86 bits per heavy atom. The van der Waals surface area contributed by atoms with Gasteiger partial charge in [0.15, 0.2) is 5.43 Å². The van der Waals surface area contributed by atoms with Gasteiger partial charge in [0.25, 0.3) is 0 Å². The van der Waals surface area contributed by atoms with Gasteiger partial charge in [0.2, 0.25) is 5.78 Å². The van der Waals surface area contributed by atoms with E-state index in [9.17, 15) is 14.0 Å². The lowest BCUT2D eigenvalue weighted by molar-refractivity contribution is 0.103. The van der Waals surface area contributed by atoms with Gasteiger partial charge in [0, 0.05) is 22.9 Å². The maximum atomic E-state index is 13.3. The smallest absolute Gasteiger partial charge is 0.209 e. The number of nitrogens with one attached hydrogen (secondary N) is 1. The topological polar surface area (TPSA) is 49.9 Å². The summed E-state index contributed by atoms with van der Waals surface area (Å²) in [5.74, 6) is -0.648. The molecular formula is C17H10FNO2. The third-order valence-electron chi connectivity index (χ3n) is 3.92. The van der Waals surface area contributed by atoms with Crippen molar-refractivity contribution in [2.45, 2.75) is 6.42 Å². The molecule has 1 aliphatic carbocycles. The Labute approximate surface area is 119 Å². The molecule has 0 aliphatic heterocycles. The van der Waals surface area contributed by atoms with Crippen molar-refractivity contribution in [3.05, 3.63) is 80.9 Å². The normalized spacial score (nSPS) is 13.1. The summed E-state index contributed by atoms with van der Waals surface area (Å²) in [5.41, 5.74) is 2.38. The van der Waals surface area contributed by atoms with Crippen molar-refractivity contribution in [2.24, 2.45) is 0 Å². The van der Waals surface area contributed by atoms with Gasteiger partial charge in [0.1, 0.15) is 5.82 Å². The lowest BCUT2D eigenvalue weighted by Gasteiger charge is -2.18. The second kappa shape index (κ2) is 4.12. The van der Waals surface area contributed by atoms with Crippen LogP contribution in [0.2, 0.25) is 0 Å². The second-order valence-electron chi connectivity index (χ2n) is 5.16. The molecule has 102 valence electrons. The average Bonchev–Trinajstić information content (AvgIpc) is 2.50. The summed E-state index contributed by atoms with van der Waals surface area (Å²) >= 11 is 0. The molecule has 0 radical (unpaired) electrons. The number of benzene rings is 2. The van der Waals surface area contributed by atoms with Crippen LogP contribution < -0.4 is 5.43 Å². The molecule has 0 saturated carbocycles. The molecule has 2 aromatic carbocycles. The Bertz CT molecular complexity index is 972. The van der Waals surface area contributed by atoms with Crippen molar-refractivity contribution in [2.75, 3.05) is 0 Å². The zero-order chi connectivity index (χ0) is 14.6. The van der Waals surface area contributed by atoms with E-state index in [-0.39, 0.29) is 16.6 Å². The molecule has 1 aliphatic rings. The van der Waals surface area contributed by atoms with Crippen LogP contribution in [-0.2, 0) is 6.42 Å². The standard InChI is InChI=1S/C17H10FNO2/c18-10-5-6-14-12(8-10)16(20)13-7-9-3-1-2-4-11(9)17(21)15(13)19-14/h1-6,8H,7H2,(H,19,20). The van der Waals surface area contributed by atoms with Crippen LogP contribution in [0.5, 0.6) is 0 Å². The number of H-pyrrole nitrogens is 1. The maximum absolute atomic E-state index is 13.3. The van der Waals surface area contributed by atoms with Crippen LogP contribution in [0.25, 0.3) is 10.9 Å². The number of ketones is 1. The molecule has 21 heavy (non-hydrogen) atoms. The summed E-state index contributed by atoms with van der Waals surface area (Å²) in [7, 11) is 0. The summed E-state index contributed by atoms with van der Waals surface area (Å²) < 4.78 is 13.3. The fourth-order valence-electron chi connectivity index (χ4n) is 2.88. The Morgan fingerprint density at radius 3 is 2.71 bits per heavy atom. The number of halogens is 1. The predicted molar refractivity (Wildman–Crippen MR) is 77.2 cm³/mol. The Balaban J connectivity index is 2.08. The summed E-state index contributed by atoms with van der Waals surface area (Å²) in [4.78, 5) is 28.1. The van der Waals surface area contributed by atoms with Crippen LogP contribution in [0.4, 0.5) is 4.39 Å². The van der Waals surface area contributed by atoms with Crippen molar-refractivity contribution in [3.8, 4) is 0 Å². The Kier molecular flexibility index (Phi) is 2.36. The van der Waals surface area contributed by atoms with E-state index in [4.69, 9.17) is 0 Å². The number of aromatic amines is 1. The van der Waals surface area contributed by atoms with Crippen LogP contribution in [0.3, 0.4) is 0 Å². The first-order valence-corrected chi connectivity index (χ1v) is 6.62. The average molecular weight is 279 g/mol. The van der Waals surface area contributed by atoms with Crippen LogP contribution in [0.1, 0.15) is 27.2 Å². The highest BCUT2D eigenvalue weighted by molar-refractivity contribution is 6.12. The van der Waals surface area contributed by atoms with Gasteiger partial charge in [-0.05, 0) is 23.8 Å². The minimum absolute atomic E-state index is 0.185. The van der Waals surface area contributed by atoms with Gasteiger partial charge in [-0.2, -0.15) is 0 Å². The molecule has 0 atom stereocenters. The zero-order valence-electron chi connectivity index (χ0n) is 10.9. The number of hydrogen-bond donors (Lipinski definition) is 1. The van der Waals surface area contributed by atoms with Crippen molar-refractivity contribution in [3.63, 3.8) is 0 Å². The SMILES string of the molecule is O=C1c2ccccc2Cc2c1[nH]c1ccc(F)cc1c2=O. The second-order valence-corrected chi connectivity index (χ2v) is 5.16. The molecule has 0 spiro atoms. The van der Waals surface area contributed by atoms with E-state index in [1.807, 2.05) is 12.1 Å². The van der Waals surface area contributed by atoms with E-state index in [0.29, 0.717) is 28.8 Å². The van der Waals surface area contributed by atoms with Crippen LogP contribution in [-0.4, -0.2) is 10.8 Å². The third kappa shape index (κ3) is 1.65. The Morgan fingerprint density at radius 1 is 1.05 bits per heavy atom. The molecule has 0 unspecified atom stereocenters. The van der Waals surface area contributed by atoms with Gasteiger partial charge in [-0.15, -0.1) is 0 Å². The van der Waals surface area contributed by atoms with Gasteiger partial charge in [-0.3, -0.25) is 9.59 Å². The Hall–Kier alpha value is -2.75. The largest absolute Gasteiger partial charge is 0.351 e. The van der Waals surface area contributed by atoms with Gasteiger partial charge in [0.05, 0.1) is 11.2 Å². The van der Waals surface area contributed by atoms with E-state index in [1.165, 1.54) is 18.2 Å². The molecular weight excluding hydrogens is 269 g/mol. The molecule has 4 heteroatoms. The van der Waals surface area contributed by atoms with Crippen molar-refractivity contribution >= 4 is 16.7 Å². The molecule has 1 N–H and O–H groups in total. The van der Waals surface area contributed by atoms with E-state index < -0.39 is 5.82 Å². The number of rotatable bonds is 0. The first kappa shape index (κ1) is 12.0. The van der Waals surface area contributed by atoms with Gasteiger partial charge in [-0.25, -0.2) is 4.39 Å². The predicted octanol–water partition coefficient (Wildman–Crippen LogP) is 2.80. The monoisotopic (exact) mass is 279 g/mol. The lowest BCUT2D eigenvalue weighted by atomic mass is 9.87. The van der Waals surface area contributed by atoms with Gasteiger partial charge < -0.3 is 4.98 Å². The minimum atomic E-state index is -0.463. The van der Waals surface area contributed by atoms with Crippen molar-refractivity contribution < 1.29 is 9.18 Å². The van der Waals surface area contributed by atoms with E-state index in [1.54, 1.807) is 12.1 Å². The number of carbonyl (C=O) groups is 1. The molecule has 0 amide bonds. The van der Waals surface area contributed by atoms with Crippen LogP contribution in [0.15, 0.2) is 47.3 Å². The first-order chi connectivity index (χ1) is 10.1. The van der Waals surface area contributed by atoms with E-state index in [0.717, 1.165) is 5.56 Å². The number of carbonyl (C=O) groups excluding carboxylic acids is 1. The number of aromatic nitrogens is 1. The maximum Gasteiger partial charge on any atom is 0.209 e. The van der Waals surface area contributed by atoms with Gasteiger partial charge in [-0.1, -0.05) is 24.3 Å². The number of pyridine rings is 1. The molecule has 4 rings (SSSR count). The highest BCUT2D eigenvalue weighted by Gasteiger charge is 2.26. The number of fused-ring (bicyclic) bond motifs is 3. The summed E-state index contributed by atoms with van der Waals surface area (Å²) in [5, 5.41) is 0.279. The van der Waals surface area contributed by atoms with Crippen LogP contribution in [0, 0.1) is 5.82 Å². The zero-order valence-corrected chi connectivity index (χ0v) is 10.9. The molecule has 1 aromatic heterocycles. The fraction of sp³-hybridized carbons (Fsp3) is 0.0588. The summed E-state index contributed by atoms with van der Waals surface area (Å²) in [6.07, 6.45) is 0.388. The molecule has 0 bridgehead atoms. The molecule has 0 saturated heterocycles. The fourth-order valence-corrected chi connectivity index (χ4v) is 2.88. The van der Waals surface area contributed by atoms with Gasteiger partial charge >= 0.3 is 0 Å².